The molecule has 0 atom stereocenters. The summed E-state index contributed by atoms with van der Waals surface area (Å²) in [6.45, 7) is 1.65. The highest BCUT2D eigenvalue weighted by atomic mass is 16.5. The molecular formula is C24H16N4O4. The van der Waals surface area contributed by atoms with Crippen LogP contribution in [0.1, 0.15) is 43.3 Å². The zero-order valence-electron chi connectivity index (χ0n) is 17.2. The molecule has 3 heterocycles. The van der Waals surface area contributed by atoms with Gasteiger partial charge in [0.2, 0.25) is 5.76 Å². The number of carbonyl (C=O) groups is 2. The van der Waals surface area contributed by atoms with Crippen LogP contribution in [0.5, 0.6) is 0 Å². The van der Waals surface area contributed by atoms with Crippen molar-refractivity contribution in [1.82, 2.24) is 4.40 Å². The standard InChI is InChI=1S/C24H16N4O4/c1-13-17(12-26)20(19-9-8-15(11-25)32-19)21(24(30)31-2)18-10-16(23(27)28(13)18)22(29)14-6-4-3-5-7-14/h3-10H,27H2,1-2H3. The average molecular weight is 424 g/mol. The van der Waals surface area contributed by atoms with Gasteiger partial charge in [0.05, 0.1) is 34.9 Å². The van der Waals surface area contributed by atoms with Gasteiger partial charge in [-0.2, -0.15) is 10.5 Å². The number of nitriles is 2. The van der Waals surface area contributed by atoms with Crippen molar-refractivity contribution in [1.29, 1.82) is 10.5 Å². The molecule has 0 spiro atoms. The van der Waals surface area contributed by atoms with Crippen molar-refractivity contribution in [3.8, 4) is 23.5 Å². The van der Waals surface area contributed by atoms with E-state index in [9.17, 15) is 14.9 Å². The fourth-order valence-electron chi connectivity index (χ4n) is 3.77. The Morgan fingerprint density at radius 2 is 1.81 bits per heavy atom. The number of ketones is 1. The van der Waals surface area contributed by atoms with Gasteiger partial charge in [-0.3, -0.25) is 9.20 Å². The lowest BCUT2D eigenvalue weighted by Gasteiger charge is -2.15. The smallest absolute Gasteiger partial charge is 0.340 e. The number of rotatable bonds is 4. The first-order chi connectivity index (χ1) is 15.4. The fraction of sp³-hybridized carbons (Fsp3) is 0.0833. The average Bonchev–Trinajstić information content (AvgIpc) is 3.43. The van der Waals surface area contributed by atoms with Gasteiger partial charge in [-0.05, 0) is 25.1 Å². The molecule has 8 nitrogen and oxygen atoms in total. The number of nitrogens with two attached hydrogens (primary N) is 1. The predicted molar refractivity (Wildman–Crippen MR) is 115 cm³/mol. The Hall–Kier alpha value is -4.82. The lowest BCUT2D eigenvalue weighted by atomic mass is 9.97. The summed E-state index contributed by atoms with van der Waals surface area (Å²) in [5, 5.41) is 19.0. The van der Waals surface area contributed by atoms with Crippen LogP contribution in [0.2, 0.25) is 0 Å². The van der Waals surface area contributed by atoms with Crippen molar-refractivity contribution in [3.63, 3.8) is 0 Å². The molecule has 3 aromatic heterocycles. The number of nitrogen functional groups attached to an aromatic ring is 1. The van der Waals surface area contributed by atoms with Gasteiger partial charge >= 0.3 is 5.97 Å². The molecule has 1 aromatic carbocycles. The largest absolute Gasteiger partial charge is 0.465 e. The highest BCUT2D eigenvalue weighted by Crippen LogP contribution is 2.37. The second-order valence-corrected chi connectivity index (χ2v) is 6.95. The summed E-state index contributed by atoms with van der Waals surface area (Å²) in [6.07, 6.45) is 0. The maximum atomic E-state index is 13.1. The number of methoxy groups -OCH3 is 1. The second-order valence-electron chi connectivity index (χ2n) is 6.95. The van der Waals surface area contributed by atoms with Gasteiger partial charge < -0.3 is 14.9 Å². The number of aromatic nitrogens is 1. The van der Waals surface area contributed by atoms with Crippen molar-refractivity contribution in [2.24, 2.45) is 0 Å². The fourth-order valence-corrected chi connectivity index (χ4v) is 3.77. The van der Waals surface area contributed by atoms with Crippen molar-refractivity contribution in [2.75, 3.05) is 12.8 Å². The summed E-state index contributed by atoms with van der Waals surface area (Å²) in [6, 6.07) is 17.0. The minimum absolute atomic E-state index is 0.00676. The Morgan fingerprint density at radius 1 is 1.09 bits per heavy atom. The SMILES string of the molecule is COC(=O)c1c(-c2ccc(C#N)o2)c(C#N)c(C)n2c(N)c(C(=O)c3ccccc3)cc12. The third-order valence-electron chi connectivity index (χ3n) is 5.24. The van der Waals surface area contributed by atoms with E-state index in [2.05, 4.69) is 6.07 Å². The number of pyridine rings is 1. The zero-order valence-corrected chi connectivity index (χ0v) is 17.2. The third kappa shape index (κ3) is 2.99. The molecular weight excluding hydrogens is 408 g/mol. The lowest BCUT2D eigenvalue weighted by Crippen LogP contribution is -2.12. The van der Waals surface area contributed by atoms with Crippen LogP contribution in [0.3, 0.4) is 0 Å². The highest BCUT2D eigenvalue weighted by Gasteiger charge is 2.29. The first-order valence-electron chi connectivity index (χ1n) is 9.48. The maximum absolute atomic E-state index is 13.1. The van der Waals surface area contributed by atoms with Crippen molar-refractivity contribution in [2.45, 2.75) is 6.92 Å². The quantitative estimate of drug-likeness (QED) is 0.388. The van der Waals surface area contributed by atoms with Gasteiger partial charge in [0.1, 0.15) is 23.7 Å². The molecule has 4 aromatic rings. The molecule has 32 heavy (non-hydrogen) atoms. The number of hydrogen-bond acceptors (Lipinski definition) is 7. The van der Waals surface area contributed by atoms with Crippen LogP contribution in [0.4, 0.5) is 5.82 Å². The minimum atomic E-state index is -0.743. The van der Waals surface area contributed by atoms with E-state index in [1.165, 1.54) is 29.7 Å². The van der Waals surface area contributed by atoms with E-state index < -0.39 is 5.97 Å². The molecule has 0 aliphatic carbocycles. The topological polar surface area (TPSA) is 135 Å². The molecule has 0 amide bonds. The lowest BCUT2D eigenvalue weighted by molar-refractivity contribution is 0.0603. The number of nitrogens with zero attached hydrogens (tertiary/aromatic N) is 3. The number of ether oxygens (including phenoxy) is 1. The molecule has 0 radical (unpaired) electrons. The number of esters is 1. The van der Waals surface area contributed by atoms with Crippen LogP contribution < -0.4 is 5.73 Å². The maximum Gasteiger partial charge on any atom is 0.340 e. The Bertz CT molecular complexity index is 1480. The summed E-state index contributed by atoms with van der Waals surface area (Å²) in [4.78, 5) is 26.0. The van der Waals surface area contributed by atoms with E-state index in [-0.39, 0.29) is 50.9 Å². The number of aryl methyl sites for hydroxylation is 1. The molecule has 0 fully saturated rings. The molecule has 0 saturated carbocycles. The molecule has 8 heteroatoms. The highest BCUT2D eigenvalue weighted by molar-refractivity contribution is 6.15. The summed E-state index contributed by atoms with van der Waals surface area (Å²) in [7, 11) is 1.21. The van der Waals surface area contributed by atoms with Crippen molar-refractivity contribution in [3.05, 3.63) is 82.2 Å². The molecule has 4 rings (SSSR count). The number of hydrogen-bond donors (Lipinski definition) is 1. The molecule has 0 saturated heterocycles. The van der Waals surface area contributed by atoms with Gasteiger partial charge in [-0.25, -0.2) is 4.79 Å². The third-order valence-corrected chi connectivity index (χ3v) is 5.24. The number of benzene rings is 1. The molecule has 0 aliphatic rings. The van der Waals surface area contributed by atoms with Crippen molar-refractivity contribution >= 4 is 23.1 Å². The molecule has 156 valence electrons. The van der Waals surface area contributed by atoms with Gasteiger partial charge in [-0.15, -0.1) is 0 Å². The van der Waals surface area contributed by atoms with Crippen LogP contribution in [0.15, 0.2) is 52.9 Å². The summed E-state index contributed by atoms with van der Waals surface area (Å²) in [5.41, 5.74) is 7.93. The van der Waals surface area contributed by atoms with E-state index in [1.54, 1.807) is 37.3 Å². The summed E-state index contributed by atoms with van der Waals surface area (Å²) in [5.74, 6) is -0.803. The zero-order chi connectivity index (χ0) is 23.0. The van der Waals surface area contributed by atoms with Crippen LogP contribution >= 0.6 is 0 Å². The minimum Gasteiger partial charge on any atom is -0.465 e. The van der Waals surface area contributed by atoms with E-state index in [0.29, 0.717) is 11.3 Å². The Labute approximate surface area is 182 Å². The van der Waals surface area contributed by atoms with Crippen LogP contribution in [-0.4, -0.2) is 23.3 Å². The van der Waals surface area contributed by atoms with Crippen LogP contribution in [-0.2, 0) is 4.74 Å². The van der Waals surface area contributed by atoms with E-state index in [1.807, 2.05) is 6.07 Å². The number of anilines is 1. The first-order valence-corrected chi connectivity index (χ1v) is 9.48. The predicted octanol–water partition coefficient (Wildman–Crippen LogP) is 3.85. The molecule has 0 unspecified atom stereocenters. The summed E-state index contributed by atoms with van der Waals surface area (Å²) < 4.78 is 12.0. The van der Waals surface area contributed by atoms with E-state index in [4.69, 9.17) is 20.1 Å². The Kier molecular flexibility index (Phi) is 4.97. The normalized spacial score (nSPS) is 10.5. The monoisotopic (exact) mass is 424 g/mol. The Balaban J connectivity index is 2.12. The second kappa shape index (κ2) is 7.78. The number of carbonyl (C=O) groups excluding carboxylic acids is 2. The van der Waals surface area contributed by atoms with Crippen molar-refractivity contribution < 1.29 is 18.7 Å². The molecule has 0 bridgehead atoms. The van der Waals surface area contributed by atoms with Gasteiger partial charge in [0.25, 0.3) is 0 Å². The van der Waals surface area contributed by atoms with E-state index in [0.717, 1.165) is 0 Å². The van der Waals surface area contributed by atoms with Crippen LogP contribution in [0.25, 0.3) is 16.8 Å². The number of fused-ring (bicyclic) bond motifs is 1. The van der Waals surface area contributed by atoms with E-state index >= 15 is 0 Å². The van der Waals surface area contributed by atoms with Crippen LogP contribution in [0, 0.1) is 29.6 Å². The first kappa shape index (κ1) is 20.5. The summed E-state index contributed by atoms with van der Waals surface area (Å²) >= 11 is 0. The van der Waals surface area contributed by atoms with Gasteiger partial charge in [0.15, 0.2) is 5.78 Å². The molecule has 0 aliphatic heterocycles. The van der Waals surface area contributed by atoms with Gasteiger partial charge in [0, 0.05) is 11.3 Å². The molecule has 2 N–H and O–H groups in total. The van der Waals surface area contributed by atoms with Gasteiger partial charge in [-0.1, -0.05) is 30.3 Å². The Morgan fingerprint density at radius 3 is 2.41 bits per heavy atom. The number of furan rings is 1.